The number of fused-ring (bicyclic) bond motifs is 2. The van der Waals surface area contributed by atoms with Crippen molar-refractivity contribution in [3.05, 3.63) is 42.2 Å². The first-order valence-electron chi connectivity index (χ1n) is 8.07. The van der Waals surface area contributed by atoms with Crippen LogP contribution in [0.4, 0.5) is 10.5 Å². The standard InChI is InChI=1S/C18H18N4O2/c1-24-13-6-7-16-14(10-13)17(8-9-20-16)22(18(19)23)11-12-4-2-3-5-15(12)21-22/h6-11H,2-5H2,1H3,(H-,19,23)/p+1. The van der Waals surface area contributed by atoms with E-state index in [-0.39, 0.29) is 4.59 Å². The molecule has 2 heterocycles. The number of hydrogen-bond acceptors (Lipinski definition) is 4. The molecule has 1 saturated carbocycles. The molecular weight excluding hydrogens is 304 g/mol. The van der Waals surface area contributed by atoms with Crippen molar-refractivity contribution in [2.45, 2.75) is 25.7 Å². The first kappa shape index (κ1) is 14.8. The third-order valence-electron chi connectivity index (χ3n) is 4.73. The third kappa shape index (κ3) is 2.11. The number of urea groups is 1. The van der Waals surface area contributed by atoms with Crippen molar-refractivity contribution >= 4 is 28.3 Å². The molecule has 24 heavy (non-hydrogen) atoms. The quantitative estimate of drug-likeness (QED) is 0.860. The van der Waals surface area contributed by atoms with Gasteiger partial charge < -0.3 is 10.5 Å². The monoisotopic (exact) mass is 323 g/mol. The lowest BCUT2D eigenvalue weighted by atomic mass is 9.94. The number of rotatable bonds is 2. The van der Waals surface area contributed by atoms with Crippen molar-refractivity contribution in [1.29, 1.82) is 0 Å². The van der Waals surface area contributed by atoms with Crippen molar-refractivity contribution in [3.8, 4) is 5.75 Å². The van der Waals surface area contributed by atoms with Gasteiger partial charge in [-0.25, -0.2) is 4.79 Å². The molecular formula is C18H19N4O2+. The van der Waals surface area contributed by atoms with Gasteiger partial charge in [-0.2, -0.15) is 0 Å². The zero-order valence-electron chi connectivity index (χ0n) is 13.5. The number of amides is 2. The summed E-state index contributed by atoms with van der Waals surface area (Å²) >= 11 is 0. The highest BCUT2D eigenvalue weighted by atomic mass is 16.5. The average molecular weight is 323 g/mol. The molecule has 1 aliphatic carbocycles. The fraction of sp³-hybridized carbons (Fsp3) is 0.278. The van der Waals surface area contributed by atoms with Crippen LogP contribution in [0.5, 0.6) is 5.75 Å². The topological polar surface area (TPSA) is 77.6 Å². The minimum absolute atomic E-state index is 0.323. The van der Waals surface area contributed by atoms with Crippen LogP contribution in [-0.4, -0.2) is 23.8 Å². The Kier molecular flexibility index (Phi) is 3.35. The Hall–Kier alpha value is -2.73. The number of pyridine rings is 1. The van der Waals surface area contributed by atoms with Crippen LogP contribution in [0.25, 0.3) is 10.9 Å². The molecule has 6 heteroatoms. The maximum Gasteiger partial charge on any atom is 0.450 e. The van der Waals surface area contributed by atoms with E-state index >= 15 is 0 Å². The Morgan fingerprint density at radius 2 is 2.08 bits per heavy atom. The normalized spacial score (nSPS) is 22.7. The number of primary amides is 1. The predicted octanol–water partition coefficient (Wildman–Crippen LogP) is 3.46. The molecule has 0 spiro atoms. The third-order valence-corrected chi connectivity index (χ3v) is 4.73. The number of nitrogens with zero attached hydrogens (tertiary/aromatic N) is 3. The number of quaternary nitrogens is 1. The highest BCUT2D eigenvalue weighted by Gasteiger charge is 2.45. The summed E-state index contributed by atoms with van der Waals surface area (Å²) in [4.78, 5) is 16.8. The highest BCUT2D eigenvalue weighted by molar-refractivity contribution is 6.08. The van der Waals surface area contributed by atoms with Crippen LogP contribution in [0.15, 0.2) is 47.3 Å². The number of methoxy groups -OCH3 is 1. The Bertz CT molecular complexity index is 879. The second kappa shape index (κ2) is 5.42. The van der Waals surface area contributed by atoms with Crippen LogP contribution < -0.4 is 15.1 Å². The molecule has 6 nitrogen and oxygen atoms in total. The van der Waals surface area contributed by atoms with Gasteiger partial charge in [0.05, 0.1) is 18.0 Å². The Morgan fingerprint density at radius 1 is 1.25 bits per heavy atom. The molecule has 2 aliphatic rings. The summed E-state index contributed by atoms with van der Waals surface area (Å²) in [5.74, 6) is 0.705. The first-order valence-corrected chi connectivity index (χ1v) is 8.07. The van der Waals surface area contributed by atoms with E-state index in [1.54, 1.807) is 13.3 Å². The van der Waals surface area contributed by atoms with Gasteiger partial charge in [-0.15, -0.1) is 0 Å². The lowest BCUT2D eigenvalue weighted by Crippen LogP contribution is -2.47. The number of ether oxygens (including phenoxy) is 1. The zero-order chi connectivity index (χ0) is 16.7. The van der Waals surface area contributed by atoms with Gasteiger partial charge in [0.15, 0.2) is 5.69 Å². The summed E-state index contributed by atoms with van der Waals surface area (Å²) in [5, 5.41) is 5.55. The molecule has 2 aromatic rings. The van der Waals surface area contributed by atoms with E-state index in [4.69, 9.17) is 15.6 Å². The minimum Gasteiger partial charge on any atom is -0.497 e. The number of carbonyl (C=O) groups excluding carboxylic acids is 1. The van der Waals surface area contributed by atoms with Crippen molar-refractivity contribution in [3.63, 3.8) is 0 Å². The van der Waals surface area contributed by atoms with Crippen LogP contribution in [-0.2, 0) is 0 Å². The summed E-state index contributed by atoms with van der Waals surface area (Å²) in [7, 11) is 1.61. The average Bonchev–Trinajstić information content (AvgIpc) is 3.01. The molecule has 0 saturated heterocycles. The predicted molar refractivity (Wildman–Crippen MR) is 93.7 cm³/mol. The fourth-order valence-corrected chi connectivity index (χ4v) is 3.50. The van der Waals surface area contributed by atoms with Gasteiger partial charge in [0.25, 0.3) is 0 Å². The summed E-state index contributed by atoms with van der Waals surface area (Å²) in [5.41, 5.74) is 9.42. The van der Waals surface area contributed by atoms with Gasteiger partial charge in [0.2, 0.25) is 0 Å². The van der Waals surface area contributed by atoms with E-state index in [0.717, 1.165) is 47.9 Å². The first-order chi connectivity index (χ1) is 11.6. The van der Waals surface area contributed by atoms with E-state index in [1.807, 2.05) is 30.5 Å². The second-order valence-corrected chi connectivity index (χ2v) is 6.15. The molecule has 1 aliphatic heterocycles. The van der Waals surface area contributed by atoms with E-state index in [2.05, 4.69) is 4.98 Å². The maximum atomic E-state index is 12.5. The molecule has 0 radical (unpaired) electrons. The highest BCUT2D eigenvalue weighted by Crippen LogP contribution is 2.39. The molecule has 2 N–H and O–H groups in total. The summed E-state index contributed by atoms with van der Waals surface area (Å²) in [6.45, 7) is 0. The molecule has 1 atom stereocenters. The minimum atomic E-state index is -0.514. The summed E-state index contributed by atoms with van der Waals surface area (Å²) in [6, 6.07) is 6.90. The van der Waals surface area contributed by atoms with Crippen molar-refractivity contribution in [2.75, 3.05) is 7.11 Å². The van der Waals surface area contributed by atoms with Crippen molar-refractivity contribution in [1.82, 2.24) is 9.58 Å². The SMILES string of the molecule is COc1ccc2nccc([N+]3(C(N)=O)C=C4CCCCC4=N3)c2c1. The second-order valence-electron chi connectivity index (χ2n) is 6.15. The van der Waals surface area contributed by atoms with Gasteiger partial charge in [-0.05, 0) is 43.9 Å². The van der Waals surface area contributed by atoms with E-state index < -0.39 is 6.03 Å². The van der Waals surface area contributed by atoms with Crippen LogP contribution in [0.1, 0.15) is 25.7 Å². The molecule has 1 unspecified atom stereocenters. The van der Waals surface area contributed by atoms with Gasteiger partial charge in [0, 0.05) is 17.8 Å². The zero-order valence-corrected chi connectivity index (χ0v) is 13.5. The Balaban J connectivity index is 1.99. The fourth-order valence-electron chi connectivity index (χ4n) is 3.50. The lowest BCUT2D eigenvalue weighted by molar-refractivity contribution is 0.227. The molecule has 122 valence electrons. The van der Waals surface area contributed by atoms with Gasteiger partial charge in [-0.1, -0.05) is 9.69 Å². The molecule has 1 fully saturated rings. The van der Waals surface area contributed by atoms with Crippen molar-refractivity contribution in [2.24, 2.45) is 10.8 Å². The van der Waals surface area contributed by atoms with Crippen molar-refractivity contribution < 1.29 is 9.53 Å². The van der Waals surface area contributed by atoms with Gasteiger partial charge in [0.1, 0.15) is 17.7 Å². The molecule has 0 bridgehead atoms. The lowest BCUT2D eigenvalue weighted by Gasteiger charge is -2.21. The molecule has 1 aromatic carbocycles. The smallest absolute Gasteiger partial charge is 0.450 e. The molecule has 2 amide bonds. The van der Waals surface area contributed by atoms with E-state index in [1.165, 1.54) is 0 Å². The van der Waals surface area contributed by atoms with Gasteiger partial charge >= 0.3 is 6.03 Å². The Labute approximate surface area is 139 Å². The largest absolute Gasteiger partial charge is 0.497 e. The summed E-state index contributed by atoms with van der Waals surface area (Å²) < 4.78 is 5.00. The van der Waals surface area contributed by atoms with Crippen LogP contribution in [0.3, 0.4) is 0 Å². The maximum absolute atomic E-state index is 12.5. The van der Waals surface area contributed by atoms with Gasteiger partial charge in [-0.3, -0.25) is 4.98 Å². The number of benzene rings is 1. The van der Waals surface area contributed by atoms with E-state index in [0.29, 0.717) is 11.4 Å². The molecule has 1 aromatic heterocycles. The molecule has 4 rings (SSSR count). The number of allylic oxidation sites excluding steroid dienone is 1. The van der Waals surface area contributed by atoms with Crippen LogP contribution >= 0.6 is 0 Å². The van der Waals surface area contributed by atoms with Crippen LogP contribution in [0.2, 0.25) is 0 Å². The number of aromatic nitrogens is 1. The van der Waals surface area contributed by atoms with E-state index in [9.17, 15) is 4.79 Å². The summed E-state index contributed by atoms with van der Waals surface area (Å²) in [6.07, 6.45) is 7.64. The number of hydrogen-bond donors (Lipinski definition) is 1. The van der Waals surface area contributed by atoms with Crippen LogP contribution in [0, 0.1) is 0 Å². The number of carbonyl (C=O) groups is 1. The Morgan fingerprint density at radius 3 is 2.83 bits per heavy atom. The number of nitrogens with two attached hydrogens (primary N) is 1.